The summed E-state index contributed by atoms with van der Waals surface area (Å²) in [6, 6.07) is 6.03. The Hall–Kier alpha value is -1.00. The van der Waals surface area contributed by atoms with E-state index in [-0.39, 0.29) is 0 Å². The normalized spacial score (nSPS) is 11.0. The molecule has 2 heterocycles. The van der Waals surface area contributed by atoms with Gasteiger partial charge in [0.05, 0.1) is 5.69 Å². The first kappa shape index (κ1) is 9.55. The van der Waals surface area contributed by atoms with E-state index in [2.05, 4.69) is 9.38 Å². The van der Waals surface area contributed by atoms with Gasteiger partial charge >= 0.3 is 0 Å². The lowest BCUT2D eigenvalue weighted by atomic mass is 10.3. The van der Waals surface area contributed by atoms with Crippen molar-refractivity contribution in [2.45, 2.75) is 11.4 Å². The average molecular weight is 207 g/mol. The van der Waals surface area contributed by atoms with Gasteiger partial charge in [-0.3, -0.25) is 0 Å². The lowest BCUT2D eigenvalue weighted by molar-refractivity contribution is 0.877. The van der Waals surface area contributed by atoms with E-state index in [9.17, 15) is 0 Å². The van der Waals surface area contributed by atoms with E-state index in [1.165, 1.54) is 5.69 Å². The van der Waals surface area contributed by atoms with Gasteiger partial charge in [-0.1, -0.05) is 6.07 Å². The van der Waals surface area contributed by atoms with Crippen LogP contribution >= 0.6 is 11.8 Å². The molecule has 2 aromatic heterocycles. The van der Waals surface area contributed by atoms with Gasteiger partial charge in [0, 0.05) is 12.6 Å². The second-order valence-corrected chi connectivity index (χ2v) is 3.83. The molecule has 0 aliphatic carbocycles. The SMILES string of the molecule is CSc1nc2ccccn2c1CCN. The average Bonchev–Trinajstić information content (AvgIpc) is 2.58. The molecule has 3 nitrogen and oxygen atoms in total. The lowest BCUT2D eigenvalue weighted by Gasteiger charge is -2.00. The third kappa shape index (κ3) is 1.51. The molecule has 0 fully saturated rings. The Morgan fingerprint density at radius 1 is 1.50 bits per heavy atom. The standard InChI is InChI=1S/C10H13N3S/c1-14-10-8(5-6-11)13-7-3-2-4-9(13)12-10/h2-4,7H,5-6,11H2,1H3. The highest BCUT2D eigenvalue weighted by Crippen LogP contribution is 2.21. The zero-order valence-corrected chi connectivity index (χ0v) is 8.92. The highest BCUT2D eigenvalue weighted by Gasteiger charge is 2.09. The Labute approximate surface area is 87.3 Å². The fourth-order valence-electron chi connectivity index (χ4n) is 1.55. The molecule has 0 aliphatic heterocycles. The van der Waals surface area contributed by atoms with E-state index in [1.807, 2.05) is 30.7 Å². The number of aromatic nitrogens is 2. The minimum Gasteiger partial charge on any atom is -0.330 e. The Kier molecular flexibility index (Phi) is 2.74. The lowest BCUT2D eigenvalue weighted by Crippen LogP contribution is -2.05. The molecule has 0 saturated heterocycles. The summed E-state index contributed by atoms with van der Waals surface area (Å²) in [6.07, 6.45) is 4.95. The summed E-state index contributed by atoms with van der Waals surface area (Å²) in [6.45, 7) is 0.663. The minimum atomic E-state index is 0.663. The minimum absolute atomic E-state index is 0.663. The maximum absolute atomic E-state index is 5.58. The summed E-state index contributed by atoms with van der Waals surface area (Å²) in [4.78, 5) is 4.52. The molecular weight excluding hydrogens is 194 g/mol. The second kappa shape index (κ2) is 4.02. The van der Waals surface area contributed by atoms with Gasteiger partial charge in [0.25, 0.3) is 0 Å². The third-order valence-electron chi connectivity index (χ3n) is 2.17. The van der Waals surface area contributed by atoms with Crippen molar-refractivity contribution in [2.75, 3.05) is 12.8 Å². The zero-order valence-electron chi connectivity index (χ0n) is 8.10. The van der Waals surface area contributed by atoms with Crippen molar-refractivity contribution in [1.82, 2.24) is 9.38 Å². The van der Waals surface area contributed by atoms with Crippen LogP contribution in [-0.2, 0) is 6.42 Å². The molecule has 0 amide bonds. The Morgan fingerprint density at radius 2 is 2.36 bits per heavy atom. The molecule has 0 aromatic carbocycles. The summed E-state index contributed by atoms with van der Waals surface area (Å²) in [7, 11) is 0. The van der Waals surface area contributed by atoms with Crippen LogP contribution in [0, 0.1) is 0 Å². The number of hydrogen-bond acceptors (Lipinski definition) is 3. The van der Waals surface area contributed by atoms with Crippen molar-refractivity contribution in [2.24, 2.45) is 5.73 Å². The maximum Gasteiger partial charge on any atom is 0.138 e. The van der Waals surface area contributed by atoms with E-state index in [1.54, 1.807) is 11.8 Å². The predicted molar refractivity (Wildman–Crippen MR) is 59.7 cm³/mol. The van der Waals surface area contributed by atoms with Gasteiger partial charge in [-0.15, -0.1) is 11.8 Å². The number of thioether (sulfide) groups is 1. The Balaban J connectivity index is 2.61. The Bertz CT molecular complexity index is 436. The molecule has 14 heavy (non-hydrogen) atoms. The zero-order chi connectivity index (χ0) is 9.97. The van der Waals surface area contributed by atoms with Crippen LogP contribution < -0.4 is 5.73 Å². The van der Waals surface area contributed by atoms with E-state index >= 15 is 0 Å². The molecule has 0 bridgehead atoms. The van der Waals surface area contributed by atoms with Crippen LogP contribution in [0.4, 0.5) is 0 Å². The summed E-state index contributed by atoms with van der Waals surface area (Å²) in [5.41, 5.74) is 7.80. The number of nitrogens with zero attached hydrogens (tertiary/aromatic N) is 2. The monoisotopic (exact) mass is 207 g/mol. The van der Waals surface area contributed by atoms with Crippen LogP contribution in [0.1, 0.15) is 5.69 Å². The second-order valence-electron chi connectivity index (χ2n) is 3.04. The topological polar surface area (TPSA) is 43.3 Å². The predicted octanol–water partition coefficient (Wildman–Crippen LogP) is 1.56. The van der Waals surface area contributed by atoms with Crippen molar-refractivity contribution >= 4 is 17.4 Å². The van der Waals surface area contributed by atoms with E-state index in [0.717, 1.165) is 17.1 Å². The molecule has 0 spiro atoms. The van der Waals surface area contributed by atoms with Crippen molar-refractivity contribution in [3.63, 3.8) is 0 Å². The van der Waals surface area contributed by atoms with Gasteiger partial charge in [-0.25, -0.2) is 4.98 Å². The van der Waals surface area contributed by atoms with Crippen LogP contribution in [0.25, 0.3) is 5.65 Å². The quantitative estimate of drug-likeness (QED) is 0.777. The molecular formula is C10H13N3S. The van der Waals surface area contributed by atoms with Gasteiger partial charge in [-0.05, 0) is 24.9 Å². The van der Waals surface area contributed by atoms with Gasteiger partial charge in [0.2, 0.25) is 0 Å². The molecule has 0 radical (unpaired) electrons. The molecule has 0 atom stereocenters. The number of hydrogen-bond donors (Lipinski definition) is 1. The van der Waals surface area contributed by atoms with Crippen molar-refractivity contribution in [3.8, 4) is 0 Å². The van der Waals surface area contributed by atoms with Crippen molar-refractivity contribution in [3.05, 3.63) is 30.1 Å². The number of fused-ring (bicyclic) bond motifs is 1. The smallest absolute Gasteiger partial charge is 0.138 e. The summed E-state index contributed by atoms with van der Waals surface area (Å²) >= 11 is 1.67. The molecule has 2 rings (SSSR count). The molecule has 0 unspecified atom stereocenters. The fraction of sp³-hybridized carbons (Fsp3) is 0.300. The first-order valence-corrected chi connectivity index (χ1v) is 5.79. The molecule has 0 saturated carbocycles. The van der Waals surface area contributed by atoms with E-state index < -0.39 is 0 Å². The van der Waals surface area contributed by atoms with Gasteiger partial charge < -0.3 is 10.1 Å². The van der Waals surface area contributed by atoms with Crippen LogP contribution in [0.5, 0.6) is 0 Å². The number of pyridine rings is 1. The number of imidazole rings is 1. The summed E-state index contributed by atoms with van der Waals surface area (Å²) in [5, 5.41) is 1.08. The van der Waals surface area contributed by atoms with Crippen molar-refractivity contribution < 1.29 is 0 Å². The summed E-state index contributed by atoms with van der Waals surface area (Å²) < 4.78 is 2.11. The molecule has 0 aliphatic rings. The molecule has 2 aromatic rings. The number of nitrogens with two attached hydrogens (primary N) is 1. The van der Waals surface area contributed by atoms with Crippen LogP contribution in [0.15, 0.2) is 29.4 Å². The molecule has 74 valence electrons. The summed E-state index contributed by atoms with van der Waals surface area (Å²) in [5.74, 6) is 0. The van der Waals surface area contributed by atoms with E-state index in [0.29, 0.717) is 6.54 Å². The van der Waals surface area contributed by atoms with Gasteiger partial charge in [0.15, 0.2) is 0 Å². The van der Waals surface area contributed by atoms with Crippen molar-refractivity contribution in [1.29, 1.82) is 0 Å². The Morgan fingerprint density at radius 3 is 3.07 bits per heavy atom. The number of rotatable bonds is 3. The van der Waals surface area contributed by atoms with Gasteiger partial charge in [-0.2, -0.15) is 0 Å². The first-order chi connectivity index (χ1) is 6.86. The first-order valence-electron chi connectivity index (χ1n) is 4.57. The van der Waals surface area contributed by atoms with Crippen LogP contribution in [0.3, 0.4) is 0 Å². The molecule has 2 N–H and O–H groups in total. The van der Waals surface area contributed by atoms with Crippen LogP contribution in [-0.4, -0.2) is 22.2 Å². The van der Waals surface area contributed by atoms with E-state index in [4.69, 9.17) is 5.73 Å². The largest absolute Gasteiger partial charge is 0.330 e. The van der Waals surface area contributed by atoms with Crippen LogP contribution in [0.2, 0.25) is 0 Å². The van der Waals surface area contributed by atoms with Gasteiger partial charge in [0.1, 0.15) is 10.7 Å². The fourth-order valence-corrected chi connectivity index (χ4v) is 2.17. The third-order valence-corrected chi connectivity index (χ3v) is 2.88. The maximum atomic E-state index is 5.58. The molecule has 4 heteroatoms. The highest BCUT2D eigenvalue weighted by atomic mass is 32.2. The highest BCUT2D eigenvalue weighted by molar-refractivity contribution is 7.98.